The summed E-state index contributed by atoms with van der Waals surface area (Å²) in [7, 11) is -3.30. The van der Waals surface area contributed by atoms with Gasteiger partial charge in [-0.1, -0.05) is 49.3 Å². The van der Waals surface area contributed by atoms with E-state index in [-0.39, 0.29) is 5.92 Å². The third kappa shape index (κ3) is 4.29. The molecule has 1 aromatic heterocycles. The van der Waals surface area contributed by atoms with Crippen LogP contribution < -0.4 is 4.72 Å². The van der Waals surface area contributed by atoms with Crippen molar-refractivity contribution in [2.24, 2.45) is 5.92 Å². The molecule has 2 aromatic carbocycles. The summed E-state index contributed by atoms with van der Waals surface area (Å²) in [6.45, 7) is 4.24. The predicted octanol–water partition coefficient (Wildman–Crippen LogP) is 3.90. The number of rotatable bonds is 6. The summed E-state index contributed by atoms with van der Waals surface area (Å²) in [6.07, 6.45) is 1.11. The van der Waals surface area contributed by atoms with Crippen molar-refractivity contribution in [3.8, 4) is 11.4 Å². The van der Waals surface area contributed by atoms with Gasteiger partial charge in [-0.25, -0.2) is 8.42 Å². The average molecular weight is 371 g/mol. The van der Waals surface area contributed by atoms with E-state index in [0.717, 1.165) is 17.4 Å². The van der Waals surface area contributed by atoms with Crippen LogP contribution in [-0.4, -0.2) is 24.8 Å². The maximum absolute atomic E-state index is 11.3. The highest BCUT2D eigenvalue weighted by molar-refractivity contribution is 7.92. The summed E-state index contributed by atoms with van der Waals surface area (Å²) in [4.78, 5) is 4.57. The zero-order valence-corrected chi connectivity index (χ0v) is 15.7. The van der Waals surface area contributed by atoms with Crippen molar-refractivity contribution in [2.45, 2.75) is 19.8 Å². The second-order valence-corrected chi connectivity index (χ2v) is 8.29. The van der Waals surface area contributed by atoms with Gasteiger partial charge in [-0.05, 0) is 35.7 Å². The molecule has 0 saturated heterocycles. The Hall–Kier alpha value is -2.67. The van der Waals surface area contributed by atoms with Crippen LogP contribution in [0.1, 0.15) is 31.2 Å². The monoisotopic (exact) mass is 371 g/mol. The Morgan fingerprint density at radius 3 is 2.23 bits per heavy atom. The smallest absolute Gasteiger partial charge is 0.234 e. The molecule has 1 heterocycles. The number of sulfonamides is 1. The molecule has 0 radical (unpaired) electrons. The van der Waals surface area contributed by atoms with Gasteiger partial charge in [0.1, 0.15) is 0 Å². The lowest BCUT2D eigenvalue weighted by Gasteiger charge is -2.16. The van der Waals surface area contributed by atoms with Gasteiger partial charge in [0.15, 0.2) is 0 Å². The van der Waals surface area contributed by atoms with Crippen molar-refractivity contribution in [1.29, 1.82) is 0 Å². The lowest BCUT2D eigenvalue weighted by atomic mass is 9.88. The second kappa shape index (κ2) is 7.29. The molecule has 0 aliphatic carbocycles. The summed E-state index contributed by atoms with van der Waals surface area (Å²) >= 11 is 0. The van der Waals surface area contributed by atoms with Crippen LogP contribution in [0.5, 0.6) is 0 Å². The van der Waals surface area contributed by atoms with Crippen molar-refractivity contribution in [2.75, 3.05) is 11.0 Å². The third-order valence-corrected chi connectivity index (χ3v) is 4.59. The van der Waals surface area contributed by atoms with E-state index in [4.69, 9.17) is 4.52 Å². The van der Waals surface area contributed by atoms with Gasteiger partial charge in [0, 0.05) is 11.3 Å². The minimum absolute atomic E-state index is 0.0172. The first-order chi connectivity index (χ1) is 12.3. The molecular weight excluding hydrogens is 350 g/mol. The fraction of sp³-hybridized carbons (Fsp3) is 0.263. The van der Waals surface area contributed by atoms with E-state index in [9.17, 15) is 8.42 Å². The number of benzene rings is 2. The fourth-order valence-corrected chi connectivity index (χ4v) is 3.42. The molecule has 0 aliphatic heterocycles. The molecule has 26 heavy (non-hydrogen) atoms. The number of nitrogens with zero attached hydrogens (tertiary/aromatic N) is 2. The largest absolute Gasteiger partial charge is 0.338 e. The zero-order chi connectivity index (χ0) is 18.7. The highest BCUT2D eigenvalue weighted by Crippen LogP contribution is 2.32. The number of hydrogen-bond donors (Lipinski definition) is 1. The standard InChI is InChI=1S/C19H21N3O3S/c1-13(2)17(14-7-5-4-6-8-14)19-20-18(21-25-19)15-9-11-16(12-10-15)22-26(3,23)24/h4-13,17,22H,1-3H3. The molecule has 3 aromatic rings. The molecule has 1 unspecified atom stereocenters. The van der Waals surface area contributed by atoms with Crippen LogP contribution in [0.25, 0.3) is 11.4 Å². The third-order valence-electron chi connectivity index (χ3n) is 3.98. The SMILES string of the molecule is CC(C)C(c1ccccc1)c1nc(-c2ccc(NS(C)(=O)=O)cc2)no1. The van der Waals surface area contributed by atoms with Crippen LogP contribution in [0.4, 0.5) is 5.69 Å². The Balaban J connectivity index is 1.87. The van der Waals surface area contributed by atoms with Crippen LogP contribution in [0.3, 0.4) is 0 Å². The van der Waals surface area contributed by atoms with E-state index in [1.165, 1.54) is 0 Å². The normalized spacial score (nSPS) is 12.9. The summed E-state index contributed by atoms with van der Waals surface area (Å²) < 4.78 is 30.5. The minimum Gasteiger partial charge on any atom is -0.338 e. The molecule has 0 aliphatic rings. The van der Waals surface area contributed by atoms with Gasteiger partial charge in [-0.15, -0.1) is 0 Å². The number of nitrogens with one attached hydrogen (secondary N) is 1. The first-order valence-electron chi connectivity index (χ1n) is 8.30. The summed E-state index contributed by atoms with van der Waals surface area (Å²) in [5.74, 6) is 1.36. The fourth-order valence-electron chi connectivity index (χ4n) is 2.85. The average Bonchev–Trinajstić information content (AvgIpc) is 3.04. The quantitative estimate of drug-likeness (QED) is 0.710. The molecule has 3 rings (SSSR count). The van der Waals surface area contributed by atoms with Gasteiger partial charge in [0.2, 0.25) is 21.7 Å². The molecule has 7 heteroatoms. The first kappa shape index (κ1) is 18.1. The Morgan fingerprint density at radius 2 is 1.65 bits per heavy atom. The number of aromatic nitrogens is 2. The molecule has 0 saturated carbocycles. The van der Waals surface area contributed by atoms with Crippen molar-refractivity contribution < 1.29 is 12.9 Å². The van der Waals surface area contributed by atoms with Gasteiger partial charge < -0.3 is 4.52 Å². The van der Waals surface area contributed by atoms with Crippen LogP contribution in [0, 0.1) is 5.92 Å². The highest BCUT2D eigenvalue weighted by atomic mass is 32.2. The topological polar surface area (TPSA) is 85.1 Å². The summed E-state index contributed by atoms with van der Waals surface area (Å²) in [6, 6.07) is 16.9. The molecule has 0 fully saturated rings. The van der Waals surface area contributed by atoms with Gasteiger partial charge in [-0.2, -0.15) is 4.98 Å². The zero-order valence-electron chi connectivity index (χ0n) is 14.9. The maximum Gasteiger partial charge on any atom is 0.234 e. The molecular formula is C19H21N3O3S. The summed E-state index contributed by atoms with van der Waals surface area (Å²) in [5.41, 5.74) is 2.38. The molecule has 1 N–H and O–H groups in total. The van der Waals surface area contributed by atoms with Crippen molar-refractivity contribution in [1.82, 2.24) is 10.1 Å². The van der Waals surface area contributed by atoms with E-state index in [1.807, 2.05) is 18.2 Å². The molecule has 0 bridgehead atoms. The Bertz CT molecular complexity index is 965. The second-order valence-electron chi connectivity index (χ2n) is 6.54. The van der Waals surface area contributed by atoms with E-state index < -0.39 is 10.0 Å². The van der Waals surface area contributed by atoms with E-state index in [2.05, 4.69) is 40.8 Å². The van der Waals surface area contributed by atoms with E-state index in [0.29, 0.717) is 23.3 Å². The molecule has 0 amide bonds. The van der Waals surface area contributed by atoms with E-state index in [1.54, 1.807) is 24.3 Å². The molecule has 1 atom stereocenters. The summed E-state index contributed by atoms with van der Waals surface area (Å²) in [5, 5.41) is 4.09. The molecule has 136 valence electrons. The van der Waals surface area contributed by atoms with Crippen LogP contribution in [-0.2, 0) is 10.0 Å². The lowest BCUT2D eigenvalue weighted by molar-refractivity contribution is 0.341. The Labute approximate surface area is 153 Å². The molecule has 6 nitrogen and oxygen atoms in total. The van der Waals surface area contributed by atoms with Gasteiger partial charge in [0.25, 0.3) is 0 Å². The maximum atomic E-state index is 11.3. The highest BCUT2D eigenvalue weighted by Gasteiger charge is 2.24. The van der Waals surface area contributed by atoms with Crippen LogP contribution >= 0.6 is 0 Å². The number of hydrogen-bond acceptors (Lipinski definition) is 5. The van der Waals surface area contributed by atoms with Gasteiger partial charge in [0.05, 0.1) is 12.2 Å². The Morgan fingerprint density at radius 1 is 1.00 bits per heavy atom. The first-order valence-corrected chi connectivity index (χ1v) is 10.2. The number of anilines is 1. The van der Waals surface area contributed by atoms with Crippen LogP contribution in [0.15, 0.2) is 59.1 Å². The van der Waals surface area contributed by atoms with Gasteiger partial charge >= 0.3 is 0 Å². The van der Waals surface area contributed by atoms with Crippen LogP contribution in [0.2, 0.25) is 0 Å². The van der Waals surface area contributed by atoms with E-state index >= 15 is 0 Å². The van der Waals surface area contributed by atoms with Crippen molar-refractivity contribution >= 4 is 15.7 Å². The van der Waals surface area contributed by atoms with Crippen molar-refractivity contribution in [3.05, 3.63) is 66.1 Å². The Kier molecular flexibility index (Phi) is 5.08. The lowest BCUT2D eigenvalue weighted by Crippen LogP contribution is -2.09. The van der Waals surface area contributed by atoms with Gasteiger partial charge in [-0.3, -0.25) is 4.72 Å². The molecule has 0 spiro atoms. The predicted molar refractivity (Wildman–Crippen MR) is 101 cm³/mol. The minimum atomic E-state index is -3.30. The van der Waals surface area contributed by atoms with Crippen molar-refractivity contribution in [3.63, 3.8) is 0 Å².